The molecule has 10 nitrogen and oxygen atoms in total. The Morgan fingerprint density at radius 2 is 1.91 bits per heavy atom. The Hall–Kier alpha value is -4.25. The third kappa shape index (κ3) is 4.85. The number of H-pyrrole nitrogens is 1. The van der Waals surface area contributed by atoms with E-state index in [0.29, 0.717) is 21.4 Å². The van der Waals surface area contributed by atoms with Crippen molar-refractivity contribution in [2.75, 3.05) is 17.2 Å². The van der Waals surface area contributed by atoms with Gasteiger partial charge in [-0.1, -0.05) is 43.7 Å². The Balaban J connectivity index is 1.79. The highest BCUT2D eigenvalue weighted by atomic mass is 32.1. The van der Waals surface area contributed by atoms with E-state index in [1.807, 2.05) is 37.3 Å². The van der Waals surface area contributed by atoms with Gasteiger partial charge in [0.05, 0.1) is 16.3 Å². The molecule has 0 aliphatic carbocycles. The number of unbranched alkanes of at least 4 members (excludes halogenated alkanes) is 1. The minimum absolute atomic E-state index is 0.0779. The van der Waals surface area contributed by atoms with Gasteiger partial charge < -0.3 is 5.73 Å². The van der Waals surface area contributed by atoms with Crippen LogP contribution in [0.2, 0.25) is 0 Å². The summed E-state index contributed by atoms with van der Waals surface area (Å²) in [5.41, 5.74) is 5.54. The molecule has 0 spiro atoms. The molecule has 2 aromatic heterocycles. The minimum Gasteiger partial charge on any atom is -0.383 e. The van der Waals surface area contributed by atoms with Gasteiger partial charge in [-0.25, -0.2) is 4.79 Å². The molecule has 0 radical (unpaired) electrons. The van der Waals surface area contributed by atoms with Crippen LogP contribution in [-0.4, -0.2) is 26.9 Å². The molecule has 1 amide bonds. The molecule has 0 aliphatic rings. The standard InChI is InChI=1S/C24H23N5O5S/c1-2-3-11-27(23(31)19-13-16-12-17(29(33)34)9-10-18(16)35-19)20-21(25)28(24(32)26-22(20)30)14-15-7-5-4-6-8-15/h4-10,12-13H,2-3,11,14,25H2,1H3,(H,26,30,32). The zero-order valence-electron chi connectivity index (χ0n) is 18.9. The molecule has 2 aromatic carbocycles. The number of nitrogens with zero attached hydrogens (tertiary/aromatic N) is 3. The summed E-state index contributed by atoms with van der Waals surface area (Å²) in [6, 6.07) is 15.1. The smallest absolute Gasteiger partial charge is 0.330 e. The molecular weight excluding hydrogens is 470 g/mol. The maximum atomic E-state index is 13.6. The Kier molecular flexibility index (Phi) is 6.78. The second kappa shape index (κ2) is 9.94. The summed E-state index contributed by atoms with van der Waals surface area (Å²) >= 11 is 1.17. The predicted octanol–water partition coefficient (Wildman–Crippen LogP) is 3.74. The summed E-state index contributed by atoms with van der Waals surface area (Å²) in [5.74, 6) is -0.576. The molecule has 0 bridgehead atoms. The van der Waals surface area contributed by atoms with Gasteiger partial charge >= 0.3 is 5.69 Å². The van der Waals surface area contributed by atoms with Crippen molar-refractivity contribution in [2.24, 2.45) is 0 Å². The van der Waals surface area contributed by atoms with Crippen molar-refractivity contribution in [3.05, 3.63) is 96.0 Å². The number of aromatic amines is 1. The van der Waals surface area contributed by atoms with Crippen LogP contribution in [0.4, 0.5) is 17.2 Å². The van der Waals surface area contributed by atoms with E-state index in [-0.39, 0.29) is 30.3 Å². The molecule has 4 aromatic rings. The number of nitrogens with one attached hydrogen (secondary N) is 1. The van der Waals surface area contributed by atoms with Crippen LogP contribution in [0.3, 0.4) is 0 Å². The zero-order valence-corrected chi connectivity index (χ0v) is 19.7. The largest absolute Gasteiger partial charge is 0.383 e. The maximum absolute atomic E-state index is 13.6. The summed E-state index contributed by atoms with van der Waals surface area (Å²) in [7, 11) is 0. The number of carbonyl (C=O) groups is 1. The van der Waals surface area contributed by atoms with Crippen molar-refractivity contribution >= 4 is 44.5 Å². The fourth-order valence-corrected chi connectivity index (χ4v) is 4.77. The average Bonchev–Trinajstić information content (AvgIpc) is 3.27. The SMILES string of the molecule is CCCCN(C(=O)c1cc2cc([N+](=O)[O-])ccc2s1)c1c(N)n(Cc2ccccc2)c(=O)[nH]c1=O. The molecule has 35 heavy (non-hydrogen) atoms. The Labute approximate surface area is 203 Å². The first-order chi connectivity index (χ1) is 16.8. The van der Waals surface area contributed by atoms with Gasteiger partial charge in [-0.3, -0.25) is 34.2 Å². The summed E-state index contributed by atoms with van der Waals surface area (Å²) in [6.07, 6.45) is 1.35. The topological polar surface area (TPSA) is 144 Å². The van der Waals surface area contributed by atoms with Crippen molar-refractivity contribution in [3.8, 4) is 0 Å². The lowest BCUT2D eigenvalue weighted by Crippen LogP contribution is -2.41. The Bertz CT molecular complexity index is 1520. The molecule has 0 unspecified atom stereocenters. The van der Waals surface area contributed by atoms with Crippen molar-refractivity contribution in [2.45, 2.75) is 26.3 Å². The first-order valence-corrected chi connectivity index (χ1v) is 11.8. The molecule has 3 N–H and O–H groups in total. The van der Waals surface area contributed by atoms with E-state index in [9.17, 15) is 24.5 Å². The number of nitro benzene ring substituents is 1. The lowest BCUT2D eigenvalue weighted by molar-refractivity contribution is -0.384. The normalized spacial score (nSPS) is 11.0. The number of anilines is 2. The van der Waals surface area contributed by atoms with Crippen molar-refractivity contribution in [3.63, 3.8) is 0 Å². The zero-order chi connectivity index (χ0) is 25.1. The summed E-state index contributed by atoms with van der Waals surface area (Å²) in [4.78, 5) is 53.6. The van der Waals surface area contributed by atoms with Gasteiger partial charge in [0.15, 0.2) is 5.69 Å². The van der Waals surface area contributed by atoms with E-state index in [4.69, 9.17) is 5.73 Å². The van der Waals surface area contributed by atoms with E-state index in [0.717, 1.165) is 12.0 Å². The van der Waals surface area contributed by atoms with Gasteiger partial charge in [0.2, 0.25) is 0 Å². The summed E-state index contributed by atoms with van der Waals surface area (Å²) in [6.45, 7) is 2.28. The van der Waals surface area contributed by atoms with Crippen LogP contribution < -0.4 is 21.9 Å². The van der Waals surface area contributed by atoms with Gasteiger partial charge in [0, 0.05) is 28.8 Å². The molecule has 0 saturated heterocycles. The van der Waals surface area contributed by atoms with Crippen LogP contribution in [0, 0.1) is 10.1 Å². The van der Waals surface area contributed by atoms with Crippen molar-refractivity contribution in [1.29, 1.82) is 0 Å². The van der Waals surface area contributed by atoms with Crippen LogP contribution in [0.15, 0.2) is 64.2 Å². The lowest BCUT2D eigenvalue weighted by atomic mass is 10.2. The van der Waals surface area contributed by atoms with E-state index >= 15 is 0 Å². The van der Waals surface area contributed by atoms with Gasteiger partial charge in [0.25, 0.3) is 17.2 Å². The van der Waals surface area contributed by atoms with Gasteiger partial charge in [-0.15, -0.1) is 11.3 Å². The Morgan fingerprint density at radius 1 is 1.17 bits per heavy atom. The predicted molar refractivity (Wildman–Crippen MR) is 136 cm³/mol. The Morgan fingerprint density at radius 3 is 2.60 bits per heavy atom. The highest BCUT2D eigenvalue weighted by Crippen LogP contribution is 2.31. The molecule has 0 saturated carbocycles. The van der Waals surface area contributed by atoms with E-state index in [2.05, 4.69) is 4.98 Å². The third-order valence-electron chi connectivity index (χ3n) is 5.57. The van der Waals surface area contributed by atoms with Crippen LogP contribution in [-0.2, 0) is 6.54 Å². The summed E-state index contributed by atoms with van der Waals surface area (Å²) in [5, 5.41) is 11.7. The molecule has 0 atom stereocenters. The fraction of sp³-hybridized carbons (Fsp3) is 0.208. The number of hydrogen-bond donors (Lipinski definition) is 2. The van der Waals surface area contributed by atoms with Crippen LogP contribution in [0.5, 0.6) is 0 Å². The van der Waals surface area contributed by atoms with Gasteiger partial charge in [-0.2, -0.15) is 0 Å². The number of nitro groups is 1. The van der Waals surface area contributed by atoms with E-state index in [1.54, 1.807) is 12.1 Å². The minimum atomic E-state index is -0.752. The monoisotopic (exact) mass is 493 g/mol. The maximum Gasteiger partial charge on any atom is 0.330 e. The number of benzene rings is 2. The first-order valence-electron chi connectivity index (χ1n) is 11.0. The lowest BCUT2D eigenvalue weighted by Gasteiger charge is -2.24. The molecule has 0 aliphatic heterocycles. The fourth-order valence-electron chi connectivity index (χ4n) is 3.78. The second-order valence-corrected chi connectivity index (χ2v) is 9.05. The van der Waals surface area contributed by atoms with Gasteiger partial charge in [-0.05, 0) is 24.1 Å². The number of fused-ring (bicyclic) bond motifs is 1. The third-order valence-corrected chi connectivity index (χ3v) is 6.67. The van der Waals surface area contributed by atoms with Gasteiger partial charge in [0.1, 0.15) is 5.82 Å². The average molecular weight is 494 g/mol. The van der Waals surface area contributed by atoms with Crippen LogP contribution in [0.25, 0.3) is 10.1 Å². The number of aromatic nitrogens is 2. The van der Waals surface area contributed by atoms with Crippen LogP contribution in [0.1, 0.15) is 35.0 Å². The van der Waals surface area contributed by atoms with Crippen molar-refractivity contribution in [1.82, 2.24) is 9.55 Å². The number of nitrogen functional groups attached to an aromatic ring is 1. The number of hydrogen-bond acceptors (Lipinski definition) is 7. The molecule has 11 heteroatoms. The van der Waals surface area contributed by atoms with Crippen LogP contribution >= 0.6 is 11.3 Å². The number of non-ortho nitro benzene ring substituents is 1. The molecule has 0 fully saturated rings. The van der Waals surface area contributed by atoms with Crippen molar-refractivity contribution < 1.29 is 9.72 Å². The number of thiophene rings is 1. The summed E-state index contributed by atoms with van der Waals surface area (Å²) < 4.78 is 1.93. The number of carbonyl (C=O) groups excluding carboxylic acids is 1. The molecular formula is C24H23N5O5S. The number of rotatable bonds is 8. The second-order valence-electron chi connectivity index (χ2n) is 7.97. The number of amides is 1. The van der Waals surface area contributed by atoms with E-state index < -0.39 is 22.1 Å². The quantitative estimate of drug-likeness (QED) is 0.283. The molecule has 2 heterocycles. The number of nitrogens with two attached hydrogens (primary N) is 1. The van der Waals surface area contributed by atoms with E-state index in [1.165, 1.54) is 32.9 Å². The highest BCUT2D eigenvalue weighted by molar-refractivity contribution is 7.20. The highest BCUT2D eigenvalue weighted by Gasteiger charge is 2.26. The molecule has 180 valence electrons. The first kappa shape index (κ1) is 23.9. The molecule has 4 rings (SSSR count).